The Kier molecular flexibility index (Phi) is 5.61. The molecule has 1 aliphatic heterocycles. The Morgan fingerprint density at radius 1 is 0.974 bits per heavy atom. The first-order chi connectivity index (χ1) is 18.8. The number of allylic oxidation sites excluding steroid dienone is 6. The van der Waals surface area contributed by atoms with Crippen LogP contribution in [0.25, 0.3) is 10.8 Å². The van der Waals surface area contributed by atoms with E-state index < -0.39 is 23.7 Å². The summed E-state index contributed by atoms with van der Waals surface area (Å²) in [5.41, 5.74) is 2.05. The van der Waals surface area contributed by atoms with Crippen molar-refractivity contribution in [1.29, 1.82) is 0 Å². The minimum atomic E-state index is -0.688. The lowest BCUT2D eigenvalue weighted by Gasteiger charge is -2.42. The third-order valence-corrected chi connectivity index (χ3v) is 10.0. The van der Waals surface area contributed by atoms with Crippen molar-refractivity contribution in [3.8, 4) is 5.75 Å². The Labute approximate surface area is 236 Å². The van der Waals surface area contributed by atoms with Crippen molar-refractivity contribution in [2.75, 3.05) is 0 Å². The number of aromatic hydroxyl groups is 1. The number of carbonyl (C=O) groups excluding carboxylic acids is 4. The Bertz CT molecular complexity index is 1720. The number of imide groups is 1. The third kappa shape index (κ3) is 3.58. The number of rotatable bonds is 3. The van der Waals surface area contributed by atoms with Gasteiger partial charge in [0.05, 0.1) is 22.9 Å². The van der Waals surface area contributed by atoms with E-state index in [2.05, 4.69) is 15.9 Å². The summed E-state index contributed by atoms with van der Waals surface area (Å²) in [7, 11) is 0. The zero-order valence-corrected chi connectivity index (χ0v) is 23.0. The van der Waals surface area contributed by atoms with Gasteiger partial charge in [0, 0.05) is 39.0 Å². The fraction of sp³-hybridized carbons (Fsp3) is 0.226. The van der Waals surface area contributed by atoms with Crippen LogP contribution in [0.5, 0.6) is 5.75 Å². The zero-order valence-electron chi connectivity index (χ0n) is 20.6. The van der Waals surface area contributed by atoms with Crippen LogP contribution in [0.4, 0.5) is 0 Å². The van der Waals surface area contributed by atoms with E-state index in [1.165, 1.54) is 22.3 Å². The van der Waals surface area contributed by atoms with Crippen LogP contribution in [0.2, 0.25) is 0 Å². The van der Waals surface area contributed by atoms with Gasteiger partial charge in [-0.3, -0.25) is 24.1 Å². The number of Topliss-reactive ketones (excluding diaryl/α,β-unsaturated/α-hetero) is 1. The van der Waals surface area contributed by atoms with E-state index in [0.29, 0.717) is 28.5 Å². The molecule has 194 valence electrons. The van der Waals surface area contributed by atoms with Crippen LogP contribution < -0.4 is 0 Å². The highest BCUT2D eigenvalue weighted by Crippen LogP contribution is 2.56. The minimum Gasteiger partial charge on any atom is -0.507 e. The molecule has 8 heteroatoms. The topological polar surface area (TPSA) is 91.8 Å². The molecular formula is C31H22BrNO5S. The summed E-state index contributed by atoms with van der Waals surface area (Å²) in [5, 5.41) is 14.9. The number of likely N-dealkylation sites (tertiary alicyclic amines) is 1. The van der Waals surface area contributed by atoms with Crippen molar-refractivity contribution in [3.63, 3.8) is 0 Å². The van der Waals surface area contributed by atoms with Gasteiger partial charge in [0.15, 0.2) is 11.6 Å². The van der Waals surface area contributed by atoms with Gasteiger partial charge in [0.25, 0.3) is 0 Å². The quantitative estimate of drug-likeness (QED) is 0.241. The first-order valence-corrected chi connectivity index (χ1v) is 14.5. The number of phenols is 1. The van der Waals surface area contributed by atoms with E-state index in [4.69, 9.17) is 0 Å². The monoisotopic (exact) mass is 599 g/mol. The first-order valence-electron chi connectivity index (χ1n) is 12.8. The largest absolute Gasteiger partial charge is 0.507 e. The van der Waals surface area contributed by atoms with Crippen LogP contribution in [0, 0.1) is 17.8 Å². The minimum absolute atomic E-state index is 0.0515. The average molecular weight is 600 g/mol. The molecule has 4 unspecified atom stereocenters. The summed E-state index contributed by atoms with van der Waals surface area (Å²) in [6.45, 7) is 0.235. The number of halogens is 1. The van der Waals surface area contributed by atoms with Crippen molar-refractivity contribution in [2.24, 2.45) is 17.8 Å². The Morgan fingerprint density at radius 2 is 1.79 bits per heavy atom. The van der Waals surface area contributed by atoms with Gasteiger partial charge < -0.3 is 5.11 Å². The summed E-state index contributed by atoms with van der Waals surface area (Å²) in [6, 6.07) is 14.9. The molecule has 3 aromatic rings. The molecule has 6 nitrogen and oxygen atoms in total. The maximum atomic E-state index is 13.8. The molecule has 0 saturated carbocycles. The Morgan fingerprint density at radius 3 is 2.59 bits per heavy atom. The van der Waals surface area contributed by atoms with Gasteiger partial charge in [0.1, 0.15) is 5.75 Å². The normalized spacial score (nSPS) is 26.4. The number of phenolic OH excluding ortho intramolecular Hbond substituents is 1. The van der Waals surface area contributed by atoms with Gasteiger partial charge in [0.2, 0.25) is 11.8 Å². The van der Waals surface area contributed by atoms with Crippen LogP contribution in [-0.4, -0.2) is 33.4 Å². The molecule has 1 aromatic heterocycles. The van der Waals surface area contributed by atoms with Crippen molar-refractivity contribution in [1.82, 2.24) is 4.90 Å². The summed E-state index contributed by atoms with van der Waals surface area (Å²) < 4.78 is 0.181. The summed E-state index contributed by atoms with van der Waals surface area (Å²) >= 11 is 4.75. The van der Waals surface area contributed by atoms with E-state index in [1.807, 2.05) is 53.9 Å². The number of hydrogen-bond donors (Lipinski definition) is 1. The van der Waals surface area contributed by atoms with Crippen LogP contribution in [-0.2, 0) is 25.7 Å². The zero-order chi connectivity index (χ0) is 27.0. The molecule has 39 heavy (non-hydrogen) atoms. The molecule has 3 aliphatic carbocycles. The summed E-state index contributed by atoms with van der Waals surface area (Å²) in [4.78, 5) is 56.4. The van der Waals surface area contributed by atoms with E-state index >= 15 is 0 Å². The smallest absolute Gasteiger partial charge is 0.234 e. The number of thiophene rings is 1. The summed E-state index contributed by atoms with van der Waals surface area (Å²) in [6.07, 6.45) is 3.84. The molecule has 0 bridgehead atoms. The van der Waals surface area contributed by atoms with Crippen molar-refractivity contribution < 1.29 is 24.3 Å². The lowest BCUT2D eigenvalue weighted by atomic mass is 9.59. The highest BCUT2D eigenvalue weighted by Gasteiger charge is 2.56. The van der Waals surface area contributed by atoms with E-state index in [0.717, 1.165) is 15.8 Å². The number of nitrogens with zero attached hydrogens (tertiary/aromatic N) is 1. The molecule has 4 aliphatic rings. The number of fused-ring (bicyclic) bond motifs is 4. The van der Waals surface area contributed by atoms with Crippen LogP contribution in [0.3, 0.4) is 0 Å². The van der Waals surface area contributed by atoms with Gasteiger partial charge in [-0.1, -0.05) is 54.1 Å². The second-order valence-electron chi connectivity index (χ2n) is 10.5. The fourth-order valence-corrected chi connectivity index (χ4v) is 7.99. The Balaban J connectivity index is 1.38. The molecule has 2 aromatic carbocycles. The van der Waals surface area contributed by atoms with Gasteiger partial charge in [-0.25, -0.2) is 0 Å². The SMILES string of the molecule is O=C1C=C(Br)C(=O)C2=C1C(c1ccc3ccccc3c1O)C1=CCC3C(=O)N(Cc4cccs4)C(=O)C3C1C2. The molecule has 7 rings (SSSR count). The second kappa shape index (κ2) is 8.96. The van der Waals surface area contributed by atoms with E-state index in [1.54, 1.807) is 6.07 Å². The van der Waals surface area contributed by atoms with E-state index in [-0.39, 0.29) is 46.6 Å². The standard InChI is InChI=1S/C31H22BrNO5S/c32-23-13-24(34)27-22(29(23)36)12-21-18(25(27)19-8-7-15-4-1-2-6-17(15)28(19)35)9-10-20-26(21)31(38)33(30(20)37)14-16-5-3-11-39-16/h1-9,11,13,20-21,25-26,35H,10,12,14H2. The predicted octanol–water partition coefficient (Wildman–Crippen LogP) is 5.57. The van der Waals surface area contributed by atoms with E-state index in [9.17, 15) is 24.3 Å². The van der Waals surface area contributed by atoms with Crippen molar-refractivity contribution in [3.05, 3.63) is 97.7 Å². The van der Waals surface area contributed by atoms with Crippen LogP contribution in [0.15, 0.2) is 87.3 Å². The second-order valence-corrected chi connectivity index (χ2v) is 12.3. The highest BCUT2D eigenvalue weighted by molar-refractivity contribution is 9.12. The van der Waals surface area contributed by atoms with Gasteiger partial charge >= 0.3 is 0 Å². The van der Waals surface area contributed by atoms with Crippen LogP contribution >= 0.6 is 27.3 Å². The number of amides is 2. The van der Waals surface area contributed by atoms with Crippen LogP contribution in [0.1, 0.15) is 29.2 Å². The molecule has 2 heterocycles. The molecule has 0 radical (unpaired) electrons. The van der Waals surface area contributed by atoms with Crippen molar-refractivity contribution >= 4 is 61.4 Å². The number of hydrogen-bond acceptors (Lipinski definition) is 6. The maximum absolute atomic E-state index is 13.8. The molecule has 1 N–H and O–H groups in total. The highest BCUT2D eigenvalue weighted by atomic mass is 79.9. The average Bonchev–Trinajstić information content (AvgIpc) is 3.54. The number of benzene rings is 2. The lowest BCUT2D eigenvalue weighted by molar-refractivity contribution is -0.140. The summed E-state index contributed by atoms with van der Waals surface area (Å²) in [5.74, 6) is -3.20. The molecule has 1 saturated heterocycles. The maximum Gasteiger partial charge on any atom is 0.234 e. The molecule has 0 spiro atoms. The lowest BCUT2D eigenvalue weighted by Crippen LogP contribution is -2.39. The molecule has 1 fully saturated rings. The first kappa shape index (κ1) is 24.4. The predicted molar refractivity (Wildman–Crippen MR) is 150 cm³/mol. The molecular weight excluding hydrogens is 578 g/mol. The third-order valence-electron chi connectivity index (χ3n) is 8.56. The number of carbonyl (C=O) groups is 4. The number of ketones is 2. The molecule has 2 amide bonds. The Hall–Kier alpha value is -3.62. The van der Waals surface area contributed by atoms with Gasteiger partial charge in [-0.05, 0) is 51.5 Å². The van der Waals surface area contributed by atoms with Crippen molar-refractivity contribution in [2.45, 2.75) is 25.3 Å². The van der Waals surface area contributed by atoms with Gasteiger partial charge in [-0.15, -0.1) is 11.3 Å². The molecule has 4 atom stereocenters. The fourth-order valence-electron chi connectivity index (χ4n) is 6.85. The van der Waals surface area contributed by atoms with Gasteiger partial charge in [-0.2, -0.15) is 0 Å².